The molecule has 0 aliphatic carbocycles. The zero-order valence-electron chi connectivity index (χ0n) is 12.6. The molecule has 2 N–H and O–H groups in total. The van der Waals surface area contributed by atoms with Crippen LogP contribution in [-0.2, 0) is 0 Å². The third-order valence-corrected chi connectivity index (χ3v) is 3.67. The van der Waals surface area contributed by atoms with Gasteiger partial charge in [0.15, 0.2) is 5.75 Å². The van der Waals surface area contributed by atoms with E-state index in [0.29, 0.717) is 17.3 Å². The second kappa shape index (κ2) is 9.82. The van der Waals surface area contributed by atoms with E-state index in [-0.39, 0.29) is 23.2 Å². The van der Waals surface area contributed by atoms with E-state index in [1.807, 2.05) is 6.92 Å². The molecule has 0 radical (unpaired) electrons. The van der Waals surface area contributed by atoms with Crippen molar-refractivity contribution in [1.82, 2.24) is 9.80 Å². The lowest BCUT2D eigenvalue weighted by atomic mass is 10.3. The van der Waals surface area contributed by atoms with Gasteiger partial charge in [0, 0.05) is 11.6 Å². The first-order valence-corrected chi connectivity index (χ1v) is 8.02. The van der Waals surface area contributed by atoms with E-state index in [4.69, 9.17) is 50.1 Å². The SMILES string of the molecule is CCCN(CCOc1c(Cl)cc(Cl)cc1Cl)C(=O)N(C=N)CO. The van der Waals surface area contributed by atoms with Gasteiger partial charge in [0.2, 0.25) is 0 Å². The van der Waals surface area contributed by atoms with Gasteiger partial charge in [-0.25, -0.2) is 4.79 Å². The van der Waals surface area contributed by atoms with Crippen LogP contribution in [0.15, 0.2) is 12.1 Å². The third-order valence-electron chi connectivity index (χ3n) is 2.89. The minimum Gasteiger partial charge on any atom is -0.489 e. The highest BCUT2D eigenvalue weighted by Crippen LogP contribution is 2.35. The van der Waals surface area contributed by atoms with Gasteiger partial charge in [0.1, 0.15) is 13.3 Å². The predicted molar refractivity (Wildman–Crippen MR) is 91.9 cm³/mol. The summed E-state index contributed by atoms with van der Waals surface area (Å²) in [6, 6.07) is 2.56. The van der Waals surface area contributed by atoms with Crippen molar-refractivity contribution in [3.63, 3.8) is 0 Å². The number of carbonyl (C=O) groups is 1. The molecule has 1 rings (SSSR count). The highest BCUT2D eigenvalue weighted by atomic mass is 35.5. The highest BCUT2D eigenvalue weighted by molar-refractivity contribution is 6.40. The van der Waals surface area contributed by atoms with Crippen LogP contribution < -0.4 is 4.74 Å². The Morgan fingerprint density at radius 2 is 1.91 bits per heavy atom. The van der Waals surface area contributed by atoms with Gasteiger partial charge in [-0.15, -0.1) is 0 Å². The Balaban J connectivity index is 2.70. The zero-order chi connectivity index (χ0) is 17.4. The van der Waals surface area contributed by atoms with Crippen LogP contribution in [0.25, 0.3) is 0 Å². The molecule has 0 saturated heterocycles. The molecule has 0 aliphatic rings. The van der Waals surface area contributed by atoms with Crippen molar-refractivity contribution in [2.24, 2.45) is 0 Å². The van der Waals surface area contributed by atoms with Crippen LogP contribution in [0, 0.1) is 5.41 Å². The van der Waals surface area contributed by atoms with Gasteiger partial charge < -0.3 is 14.7 Å². The van der Waals surface area contributed by atoms with Gasteiger partial charge in [-0.2, -0.15) is 0 Å². The quantitative estimate of drug-likeness (QED) is 0.409. The second-order valence-electron chi connectivity index (χ2n) is 4.56. The number of benzene rings is 1. The van der Waals surface area contributed by atoms with Gasteiger partial charge in [0.05, 0.1) is 22.9 Å². The Labute approximate surface area is 150 Å². The highest BCUT2D eigenvalue weighted by Gasteiger charge is 2.18. The molecular weight excluding hydrogens is 365 g/mol. The van der Waals surface area contributed by atoms with Gasteiger partial charge in [-0.3, -0.25) is 10.3 Å². The molecule has 128 valence electrons. The number of nitrogens with one attached hydrogen (secondary N) is 1. The van der Waals surface area contributed by atoms with Crippen molar-refractivity contribution < 1.29 is 14.6 Å². The van der Waals surface area contributed by atoms with Gasteiger partial charge in [0.25, 0.3) is 0 Å². The number of urea groups is 1. The van der Waals surface area contributed by atoms with Crippen molar-refractivity contribution in [2.45, 2.75) is 13.3 Å². The number of halogens is 3. The van der Waals surface area contributed by atoms with Gasteiger partial charge >= 0.3 is 6.03 Å². The fraction of sp³-hybridized carbons (Fsp3) is 0.429. The number of aliphatic hydroxyl groups excluding tert-OH is 1. The normalized spacial score (nSPS) is 10.3. The lowest BCUT2D eigenvalue weighted by Gasteiger charge is -2.26. The summed E-state index contributed by atoms with van der Waals surface area (Å²) >= 11 is 17.9. The molecule has 1 aromatic rings. The standard InChI is InChI=1S/C14H18Cl3N3O3/c1-2-3-19(14(22)20(8-18)9-21)4-5-23-13-11(16)6-10(15)7-12(13)17/h6-8,18,21H,2-5,9H2,1H3. The molecule has 2 amide bonds. The average molecular weight is 383 g/mol. The number of amides is 2. The molecule has 6 nitrogen and oxygen atoms in total. The first-order valence-electron chi connectivity index (χ1n) is 6.88. The minimum absolute atomic E-state index is 0.157. The van der Waals surface area contributed by atoms with Crippen LogP contribution >= 0.6 is 34.8 Å². The maximum absolute atomic E-state index is 12.1. The Morgan fingerprint density at radius 3 is 2.39 bits per heavy atom. The lowest BCUT2D eigenvalue weighted by molar-refractivity contribution is 0.129. The molecule has 0 atom stereocenters. The summed E-state index contributed by atoms with van der Waals surface area (Å²) in [5.74, 6) is 0.299. The number of ether oxygens (including phenoxy) is 1. The summed E-state index contributed by atoms with van der Waals surface area (Å²) in [6.45, 7) is 2.24. The first kappa shape index (κ1) is 19.8. The molecule has 1 aromatic carbocycles. The Morgan fingerprint density at radius 1 is 1.30 bits per heavy atom. The van der Waals surface area contributed by atoms with Crippen molar-refractivity contribution in [3.05, 3.63) is 27.2 Å². The van der Waals surface area contributed by atoms with E-state index in [1.165, 1.54) is 17.0 Å². The average Bonchev–Trinajstić information content (AvgIpc) is 2.49. The van der Waals surface area contributed by atoms with E-state index in [1.54, 1.807) is 0 Å². The van der Waals surface area contributed by atoms with Crippen molar-refractivity contribution in [2.75, 3.05) is 26.4 Å². The van der Waals surface area contributed by atoms with Crippen LogP contribution in [0.5, 0.6) is 5.75 Å². The van der Waals surface area contributed by atoms with E-state index in [2.05, 4.69) is 0 Å². The zero-order valence-corrected chi connectivity index (χ0v) is 14.8. The Kier molecular flexibility index (Phi) is 8.47. The van der Waals surface area contributed by atoms with Crippen LogP contribution in [0.1, 0.15) is 13.3 Å². The minimum atomic E-state index is -0.557. The van der Waals surface area contributed by atoms with E-state index < -0.39 is 12.8 Å². The van der Waals surface area contributed by atoms with Crippen molar-refractivity contribution >= 4 is 47.2 Å². The van der Waals surface area contributed by atoms with Crippen LogP contribution in [0.4, 0.5) is 4.79 Å². The summed E-state index contributed by atoms with van der Waals surface area (Å²) in [5, 5.41) is 17.2. The molecule has 9 heteroatoms. The third kappa shape index (κ3) is 5.73. The molecule has 0 spiro atoms. The number of hydrogen-bond donors (Lipinski definition) is 2. The molecule has 0 heterocycles. The maximum atomic E-state index is 12.1. The molecule has 0 aromatic heterocycles. The number of rotatable bonds is 8. The summed E-state index contributed by atoms with van der Waals surface area (Å²) in [7, 11) is 0. The Hall–Kier alpha value is -1.21. The fourth-order valence-electron chi connectivity index (χ4n) is 1.84. The maximum Gasteiger partial charge on any atom is 0.327 e. The fourth-order valence-corrected chi connectivity index (χ4v) is 2.76. The predicted octanol–water partition coefficient (Wildman–Crippen LogP) is 3.72. The number of aliphatic hydroxyl groups is 1. The molecule has 0 fully saturated rings. The molecule has 0 bridgehead atoms. The van der Waals surface area contributed by atoms with Crippen LogP contribution in [0.2, 0.25) is 15.1 Å². The summed E-state index contributed by atoms with van der Waals surface area (Å²) in [4.78, 5) is 14.5. The number of nitrogens with zero attached hydrogens (tertiary/aromatic N) is 2. The molecule has 0 unspecified atom stereocenters. The van der Waals surface area contributed by atoms with Crippen molar-refractivity contribution in [3.8, 4) is 5.75 Å². The topological polar surface area (TPSA) is 76.9 Å². The number of carbonyl (C=O) groups excluding carboxylic acids is 1. The summed E-state index contributed by atoms with van der Waals surface area (Å²) in [5.41, 5.74) is 0. The Bertz CT molecular complexity index is 534. The smallest absolute Gasteiger partial charge is 0.327 e. The van der Waals surface area contributed by atoms with E-state index in [9.17, 15) is 4.79 Å². The molecule has 0 saturated carbocycles. The van der Waals surface area contributed by atoms with E-state index >= 15 is 0 Å². The summed E-state index contributed by atoms with van der Waals surface area (Å²) in [6.07, 6.45) is 1.50. The van der Waals surface area contributed by atoms with Crippen LogP contribution in [0.3, 0.4) is 0 Å². The molecule has 0 aliphatic heterocycles. The molecular formula is C14H18Cl3N3O3. The van der Waals surface area contributed by atoms with Gasteiger partial charge in [-0.1, -0.05) is 41.7 Å². The van der Waals surface area contributed by atoms with E-state index in [0.717, 1.165) is 17.7 Å². The second-order valence-corrected chi connectivity index (χ2v) is 5.81. The lowest BCUT2D eigenvalue weighted by Crippen LogP contribution is -2.44. The number of hydrogen-bond acceptors (Lipinski definition) is 4. The largest absolute Gasteiger partial charge is 0.489 e. The monoisotopic (exact) mass is 381 g/mol. The first-order chi connectivity index (χ1) is 10.9. The van der Waals surface area contributed by atoms with Crippen molar-refractivity contribution in [1.29, 1.82) is 5.41 Å². The molecule has 23 heavy (non-hydrogen) atoms. The summed E-state index contributed by atoms with van der Waals surface area (Å²) < 4.78 is 5.54. The van der Waals surface area contributed by atoms with Gasteiger partial charge in [-0.05, 0) is 18.6 Å². The van der Waals surface area contributed by atoms with Crippen LogP contribution in [-0.4, -0.2) is 53.7 Å².